The van der Waals surface area contributed by atoms with Crippen molar-refractivity contribution in [1.29, 1.82) is 0 Å². The van der Waals surface area contributed by atoms with Crippen molar-refractivity contribution >= 4 is 33.2 Å². The second kappa shape index (κ2) is 8.83. The zero-order chi connectivity index (χ0) is 21.1. The van der Waals surface area contributed by atoms with Gasteiger partial charge >= 0.3 is 0 Å². The van der Waals surface area contributed by atoms with Crippen molar-refractivity contribution in [3.8, 4) is 5.69 Å². The zero-order valence-electron chi connectivity index (χ0n) is 16.3. The van der Waals surface area contributed by atoms with E-state index in [1.807, 2.05) is 6.08 Å². The number of rotatable bonds is 5. The van der Waals surface area contributed by atoms with E-state index in [0.717, 1.165) is 30.2 Å². The second-order valence-corrected chi connectivity index (χ2v) is 8.16. The molecule has 30 heavy (non-hydrogen) atoms. The molecule has 1 saturated carbocycles. The molecule has 1 amide bonds. The number of allylic oxidation sites excluding steroid dienone is 1. The molecular weight excluding hydrogens is 451 g/mol. The topological polar surface area (TPSA) is 85.6 Å². The van der Waals surface area contributed by atoms with Gasteiger partial charge in [0.25, 0.3) is 5.91 Å². The first-order chi connectivity index (χ1) is 14.5. The van der Waals surface area contributed by atoms with E-state index in [1.54, 1.807) is 37.4 Å². The van der Waals surface area contributed by atoms with E-state index in [9.17, 15) is 9.18 Å². The Balaban J connectivity index is 1.67. The van der Waals surface area contributed by atoms with Crippen molar-refractivity contribution in [2.75, 3.05) is 5.32 Å². The highest BCUT2D eigenvalue weighted by atomic mass is 79.9. The highest BCUT2D eigenvalue weighted by Crippen LogP contribution is 2.30. The summed E-state index contributed by atoms with van der Waals surface area (Å²) in [5.41, 5.74) is 1.17. The van der Waals surface area contributed by atoms with Crippen LogP contribution in [0.1, 0.15) is 37.1 Å². The van der Waals surface area contributed by atoms with Crippen LogP contribution < -0.4 is 5.32 Å². The van der Waals surface area contributed by atoms with E-state index in [4.69, 9.17) is 0 Å². The number of nitrogens with zero attached hydrogens (tertiary/aromatic N) is 5. The fourth-order valence-electron chi connectivity index (χ4n) is 3.60. The van der Waals surface area contributed by atoms with Gasteiger partial charge in [0.2, 0.25) is 0 Å². The number of halogens is 2. The fourth-order valence-corrected chi connectivity index (χ4v) is 3.83. The number of amides is 1. The van der Waals surface area contributed by atoms with E-state index in [0.29, 0.717) is 28.7 Å². The Hall–Kier alpha value is -2.94. The summed E-state index contributed by atoms with van der Waals surface area (Å²) in [5.74, 6) is 0.384. The van der Waals surface area contributed by atoms with Crippen molar-refractivity contribution in [3.05, 3.63) is 64.3 Å². The molecule has 1 aliphatic rings. The van der Waals surface area contributed by atoms with Gasteiger partial charge in [0, 0.05) is 16.2 Å². The minimum Gasteiger partial charge on any atom is -0.307 e. The van der Waals surface area contributed by atoms with Crippen LogP contribution in [0.5, 0.6) is 0 Å². The third kappa shape index (κ3) is 4.46. The van der Waals surface area contributed by atoms with Crippen LogP contribution in [-0.4, -0.2) is 31.1 Å². The highest BCUT2D eigenvalue weighted by Gasteiger charge is 2.20. The SMILES string of the molecule is Cc1nnnn1-c1ccc(/C(=C\C2CCCC2)C(=O)Nc2ccc(Br)cn2)cc1F. The number of aryl methyl sites for hydroxylation is 1. The Bertz CT molecular complexity index is 1090. The lowest BCUT2D eigenvalue weighted by Gasteiger charge is -2.13. The van der Waals surface area contributed by atoms with Gasteiger partial charge in [-0.15, -0.1) is 5.10 Å². The smallest absolute Gasteiger partial charge is 0.257 e. The minimum atomic E-state index is -0.505. The molecule has 7 nitrogen and oxygen atoms in total. The van der Waals surface area contributed by atoms with E-state index in [-0.39, 0.29) is 11.6 Å². The van der Waals surface area contributed by atoms with Gasteiger partial charge in [-0.25, -0.2) is 9.37 Å². The number of carbonyl (C=O) groups excluding carboxylic acids is 1. The van der Waals surface area contributed by atoms with Crippen LogP contribution in [0.4, 0.5) is 10.2 Å². The van der Waals surface area contributed by atoms with E-state index < -0.39 is 5.82 Å². The predicted molar refractivity (Wildman–Crippen MR) is 114 cm³/mol. The molecule has 0 aliphatic heterocycles. The van der Waals surface area contributed by atoms with Gasteiger partial charge in [-0.2, -0.15) is 4.68 Å². The zero-order valence-corrected chi connectivity index (χ0v) is 17.9. The average Bonchev–Trinajstić information content (AvgIpc) is 3.39. The maximum atomic E-state index is 14.9. The number of benzene rings is 1. The summed E-state index contributed by atoms with van der Waals surface area (Å²) in [6, 6.07) is 8.16. The molecule has 0 atom stereocenters. The van der Waals surface area contributed by atoms with Gasteiger partial charge < -0.3 is 5.32 Å². The standard InChI is InChI=1S/C21H20BrFN6O/c1-13-26-27-28-29(13)19-8-6-15(11-18(19)23)17(10-14-4-2-3-5-14)21(30)25-20-9-7-16(22)12-24-20/h6-12,14H,2-5H2,1H3,(H,24,25,30)/b17-10+. The Morgan fingerprint density at radius 2 is 2.07 bits per heavy atom. The van der Waals surface area contributed by atoms with Crippen molar-refractivity contribution in [3.63, 3.8) is 0 Å². The summed E-state index contributed by atoms with van der Waals surface area (Å²) >= 11 is 3.33. The highest BCUT2D eigenvalue weighted by molar-refractivity contribution is 9.10. The number of carbonyl (C=O) groups is 1. The molecule has 3 aromatic rings. The number of aromatic nitrogens is 5. The molecule has 0 radical (unpaired) electrons. The maximum absolute atomic E-state index is 14.9. The molecule has 1 fully saturated rings. The number of nitrogens with one attached hydrogen (secondary N) is 1. The summed E-state index contributed by atoms with van der Waals surface area (Å²) in [4.78, 5) is 17.3. The van der Waals surface area contributed by atoms with Crippen molar-refractivity contribution in [1.82, 2.24) is 25.2 Å². The Labute approximate surface area is 181 Å². The van der Waals surface area contributed by atoms with Crippen LogP contribution in [0.2, 0.25) is 0 Å². The van der Waals surface area contributed by atoms with Gasteiger partial charge in [0.05, 0.1) is 0 Å². The molecule has 0 unspecified atom stereocenters. The predicted octanol–water partition coefficient (Wildman–Crippen LogP) is 4.48. The van der Waals surface area contributed by atoms with Crippen molar-refractivity contribution in [2.45, 2.75) is 32.6 Å². The van der Waals surface area contributed by atoms with Gasteiger partial charge in [-0.1, -0.05) is 25.0 Å². The lowest BCUT2D eigenvalue weighted by atomic mass is 9.97. The van der Waals surface area contributed by atoms with E-state index >= 15 is 0 Å². The third-order valence-corrected chi connectivity index (χ3v) is 5.60. The lowest BCUT2D eigenvalue weighted by molar-refractivity contribution is -0.111. The van der Waals surface area contributed by atoms with Crippen LogP contribution in [-0.2, 0) is 4.79 Å². The van der Waals surface area contributed by atoms with Crippen LogP contribution in [0.25, 0.3) is 11.3 Å². The van der Waals surface area contributed by atoms with Gasteiger partial charge in [-0.3, -0.25) is 4.79 Å². The normalized spacial score (nSPS) is 14.8. The van der Waals surface area contributed by atoms with Crippen LogP contribution in [0.15, 0.2) is 47.1 Å². The molecule has 154 valence electrons. The largest absolute Gasteiger partial charge is 0.307 e. The number of pyridine rings is 1. The van der Waals surface area contributed by atoms with Gasteiger partial charge in [0.1, 0.15) is 17.3 Å². The summed E-state index contributed by atoms with van der Waals surface area (Å²) in [5, 5.41) is 14.0. The van der Waals surface area contributed by atoms with Crippen LogP contribution >= 0.6 is 15.9 Å². The van der Waals surface area contributed by atoms with Crippen molar-refractivity contribution in [2.24, 2.45) is 5.92 Å². The molecule has 1 aliphatic carbocycles. The van der Waals surface area contributed by atoms with Crippen LogP contribution in [0.3, 0.4) is 0 Å². The van der Waals surface area contributed by atoms with Gasteiger partial charge in [0.15, 0.2) is 5.82 Å². The van der Waals surface area contributed by atoms with Crippen molar-refractivity contribution < 1.29 is 9.18 Å². The lowest BCUT2D eigenvalue weighted by Crippen LogP contribution is -2.16. The quantitative estimate of drug-likeness (QED) is 0.555. The average molecular weight is 471 g/mol. The number of hydrogen-bond donors (Lipinski definition) is 1. The molecule has 4 rings (SSSR count). The molecule has 9 heteroatoms. The summed E-state index contributed by atoms with van der Waals surface area (Å²) < 4.78 is 17.1. The molecule has 2 heterocycles. The van der Waals surface area contributed by atoms with Gasteiger partial charge in [-0.05, 0) is 81.9 Å². The Kier molecular flexibility index (Phi) is 5.98. The first-order valence-corrected chi connectivity index (χ1v) is 10.5. The third-order valence-electron chi connectivity index (χ3n) is 5.13. The molecule has 0 bridgehead atoms. The first-order valence-electron chi connectivity index (χ1n) is 9.71. The van der Waals surface area contributed by atoms with Crippen LogP contribution in [0, 0.1) is 18.7 Å². The molecule has 1 aromatic carbocycles. The Morgan fingerprint density at radius 3 is 2.70 bits per heavy atom. The first kappa shape index (κ1) is 20.3. The second-order valence-electron chi connectivity index (χ2n) is 7.24. The number of anilines is 1. The molecule has 2 aromatic heterocycles. The van der Waals surface area contributed by atoms with E-state index in [2.05, 4.69) is 41.8 Å². The Morgan fingerprint density at radius 1 is 1.27 bits per heavy atom. The fraction of sp³-hybridized carbons (Fsp3) is 0.286. The summed E-state index contributed by atoms with van der Waals surface area (Å²) in [7, 11) is 0. The minimum absolute atomic E-state index is 0.233. The molecule has 0 saturated heterocycles. The number of hydrogen-bond acceptors (Lipinski definition) is 5. The monoisotopic (exact) mass is 470 g/mol. The number of tetrazole rings is 1. The maximum Gasteiger partial charge on any atom is 0.257 e. The summed E-state index contributed by atoms with van der Waals surface area (Å²) in [6.07, 6.45) is 7.89. The molecular formula is C21H20BrFN6O. The van der Waals surface area contributed by atoms with E-state index in [1.165, 1.54) is 10.7 Å². The summed E-state index contributed by atoms with van der Waals surface area (Å²) in [6.45, 7) is 1.69. The molecule has 0 spiro atoms. The molecule has 1 N–H and O–H groups in total.